The average molecular weight is 220 g/mol. The van der Waals surface area contributed by atoms with E-state index in [2.05, 4.69) is 4.98 Å². The normalized spacial score (nSPS) is 17.3. The van der Waals surface area contributed by atoms with Crippen molar-refractivity contribution < 1.29 is 4.74 Å². The molecule has 0 aromatic carbocycles. The standard InChI is InChI=1S/C13H20N2O/c14-8-12-6-7-13(15-9-12)16-10-11-4-2-1-3-5-11/h6-7,9,11H,1-5,8,10,14H2. The molecule has 3 nitrogen and oxygen atoms in total. The van der Waals surface area contributed by atoms with E-state index < -0.39 is 0 Å². The maximum Gasteiger partial charge on any atom is 0.213 e. The maximum atomic E-state index is 5.69. The molecule has 0 spiro atoms. The van der Waals surface area contributed by atoms with E-state index in [1.807, 2.05) is 12.1 Å². The number of pyridine rings is 1. The van der Waals surface area contributed by atoms with Gasteiger partial charge in [0.2, 0.25) is 5.88 Å². The van der Waals surface area contributed by atoms with Crippen molar-refractivity contribution in [3.05, 3.63) is 23.9 Å². The number of ether oxygens (including phenoxy) is 1. The zero-order valence-corrected chi connectivity index (χ0v) is 9.69. The maximum absolute atomic E-state index is 5.69. The molecule has 0 saturated heterocycles. The van der Waals surface area contributed by atoms with Crippen molar-refractivity contribution in [2.45, 2.75) is 38.6 Å². The lowest BCUT2D eigenvalue weighted by atomic mass is 9.90. The Bertz CT molecular complexity index is 304. The number of nitrogens with two attached hydrogens (primary N) is 1. The van der Waals surface area contributed by atoms with E-state index in [1.165, 1.54) is 32.1 Å². The van der Waals surface area contributed by atoms with Crippen LogP contribution in [0, 0.1) is 5.92 Å². The van der Waals surface area contributed by atoms with E-state index in [-0.39, 0.29) is 0 Å². The van der Waals surface area contributed by atoms with Gasteiger partial charge < -0.3 is 10.5 Å². The van der Waals surface area contributed by atoms with Crippen molar-refractivity contribution in [2.24, 2.45) is 11.7 Å². The highest BCUT2D eigenvalue weighted by Crippen LogP contribution is 2.24. The predicted octanol–water partition coefficient (Wildman–Crippen LogP) is 2.50. The second-order valence-corrected chi connectivity index (χ2v) is 4.52. The quantitative estimate of drug-likeness (QED) is 0.848. The summed E-state index contributed by atoms with van der Waals surface area (Å²) in [5.41, 5.74) is 6.56. The summed E-state index contributed by atoms with van der Waals surface area (Å²) in [6.45, 7) is 1.35. The van der Waals surface area contributed by atoms with Crippen molar-refractivity contribution in [1.29, 1.82) is 0 Å². The van der Waals surface area contributed by atoms with E-state index in [9.17, 15) is 0 Å². The van der Waals surface area contributed by atoms with Crippen LogP contribution < -0.4 is 10.5 Å². The first-order chi connectivity index (χ1) is 7.88. The van der Waals surface area contributed by atoms with Gasteiger partial charge in [-0.3, -0.25) is 0 Å². The van der Waals surface area contributed by atoms with Crippen LogP contribution in [-0.4, -0.2) is 11.6 Å². The molecule has 2 rings (SSSR count). The second-order valence-electron chi connectivity index (χ2n) is 4.52. The second kappa shape index (κ2) is 5.85. The fraction of sp³-hybridized carbons (Fsp3) is 0.615. The van der Waals surface area contributed by atoms with Gasteiger partial charge in [0.1, 0.15) is 0 Å². The highest BCUT2D eigenvalue weighted by molar-refractivity contribution is 5.17. The molecular weight excluding hydrogens is 200 g/mol. The molecule has 0 unspecified atom stereocenters. The summed E-state index contributed by atoms with van der Waals surface area (Å²) in [4.78, 5) is 4.23. The molecule has 1 aromatic heterocycles. The van der Waals surface area contributed by atoms with E-state index in [1.54, 1.807) is 6.20 Å². The molecule has 3 heteroatoms. The number of rotatable bonds is 4. The van der Waals surface area contributed by atoms with Crippen LogP contribution in [0.2, 0.25) is 0 Å². The molecule has 1 saturated carbocycles. The Morgan fingerprint density at radius 1 is 1.25 bits per heavy atom. The van der Waals surface area contributed by atoms with Crippen LogP contribution in [0.3, 0.4) is 0 Å². The molecule has 2 N–H and O–H groups in total. The number of aromatic nitrogens is 1. The lowest BCUT2D eigenvalue weighted by Crippen LogP contribution is -2.15. The van der Waals surface area contributed by atoms with Crippen molar-refractivity contribution in [1.82, 2.24) is 4.98 Å². The SMILES string of the molecule is NCc1ccc(OCC2CCCCC2)nc1. The van der Waals surface area contributed by atoms with Gasteiger partial charge in [-0.1, -0.05) is 25.3 Å². The van der Waals surface area contributed by atoms with Crippen LogP contribution >= 0.6 is 0 Å². The summed E-state index contributed by atoms with van der Waals surface area (Å²) < 4.78 is 5.69. The average Bonchev–Trinajstić information content (AvgIpc) is 2.38. The van der Waals surface area contributed by atoms with Crippen molar-refractivity contribution in [3.63, 3.8) is 0 Å². The van der Waals surface area contributed by atoms with Crippen LogP contribution in [0.5, 0.6) is 5.88 Å². The Balaban J connectivity index is 1.79. The zero-order chi connectivity index (χ0) is 11.2. The lowest BCUT2D eigenvalue weighted by molar-refractivity contribution is 0.203. The van der Waals surface area contributed by atoms with Gasteiger partial charge in [0.05, 0.1) is 6.61 Å². The zero-order valence-electron chi connectivity index (χ0n) is 9.69. The summed E-state index contributed by atoms with van der Waals surface area (Å²) in [6.07, 6.45) is 8.50. The van der Waals surface area contributed by atoms with E-state index in [0.29, 0.717) is 6.54 Å². The molecule has 0 aliphatic heterocycles. The van der Waals surface area contributed by atoms with Gasteiger partial charge in [-0.25, -0.2) is 4.98 Å². The van der Waals surface area contributed by atoms with Gasteiger partial charge in [-0.15, -0.1) is 0 Å². The van der Waals surface area contributed by atoms with Gasteiger partial charge in [0.15, 0.2) is 0 Å². The molecule has 0 bridgehead atoms. The minimum atomic E-state index is 0.538. The monoisotopic (exact) mass is 220 g/mol. The number of hydrogen-bond donors (Lipinski definition) is 1. The van der Waals surface area contributed by atoms with Crippen molar-refractivity contribution in [2.75, 3.05) is 6.61 Å². The van der Waals surface area contributed by atoms with Gasteiger partial charge in [0, 0.05) is 18.8 Å². The molecule has 1 aliphatic rings. The molecule has 1 aromatic rings. The third-order valence-corrected chi connectivity index (χ3v) is 3.22. The molecule has 16 heavy (non-hydrogen) atoms. The molecule has 1 fully saturated rings. The van der Waals surface area contributed by atoms with Crippen molar-refractivity contribution in [3.8, 4) is 5.88 Å². The third-order valence-electron chi connectivity index (χ3n) is 3.22. The Kier molecular flexibility index (Phi) is 4.17. The summed E-state index contributed by atoms with van der Waals surface area (Å²) in [6, 6.07) is 3.88. The van der Waals surface area contributed by atoms with Gasteiger partial charge in [-0.05, 0) is 24.3 Å². The van der Waals surface area contributed by atoms with Crippen LogP contribution in [0.4, 0.5) is 0 Å². The van der Waals surface area contributed by atoms with Gasteiger partial charge in [0.25, 0.3) is 0 Å². The van der Waals surface area contributed by atoms with E-state index in [0.717, 1.165) is 24.0 Å². The van der Waals surface area contributed by atoms with Crippen LogP contribution in [0.25, 0.3) is 0 Å². The molecule has 0 amide bonds. The third kappa shape index (κ3) is 3.20. The topological polar surface area (TPSA) is 48.1 Å². The highest BCUT2D eigenvalue weighted by atomic mass is 16.5. The Hall–Kier alpha value is -1.09. The molecular formula is C13H20N2O. The fourth-order valence-corrected chi connectivity index (χ4v) is 2.17. The Labute approximate surface area is 97.0 Å². The fourth-order valence-electron chi connectivity index (χ4n) is 2.17. The Morgan fingerprint density at radius 2 is 2.06 bits per heavy atom. The summed E-state index contributed by atoms with van der Waals surface area (Å²) in [5.74, 6) is 1.45. The largest absolute Gasteiger partial charge is 0.477 e. The minimum absolute atomic E-state index is 0.538. The van der Waals surface area contributed by atoms with Gasteiger partial charge in [-0.2, -0.15) is 0 Å². The first-order valence-electron chi connectivity index (χ1n) is 6.16. The van der Waals surface area contributed by atoms with Gasteiger partial charge >= 0.3 is 0 Å². The first-order valence-corrected chi connectivity index (χ1v) is 6.16. The summed E-state index contributed by atoms with van der Waals surface area (Å²) >= 11 is 0. The molecule has 0 atom stereocenters. The number of nitrogens with zero attached hydrogens (tertiary/aromatic N) is 1. The van der Waals surface area contributed by atoms with E-state index in [4.69, 9.17) is 10.5 Å². The highest BCUT2D eigenvalue weighted by Gasteiger charge is 2.13. The summed E-state index contributed by atoms with van der Waals surface area (Å²) in [5, 5.41) is 0. The predicted molar refractivity (Wildman–Crippen MR) is 64.2 cm³/mol. The van der Waals surface area contributed by atoms with Crippen LogP contribution in [0.1, 0.15) is 37.7 Å². The molecule has 0 radical (unpaired) electrons. The van der Waals surface area contributed by atoms with Crippen molar-refractivity contribution >= 4 is 0 Å². The smallest absolute Gasteiger partial charge is 0.213 e. The number of hydrogen-bond acceptors (Lipinski definition) is 3. The minimum Gasteiger partial charge on any atom is -0.477 e. The lowest BCUT2D eigenvalue weighted by Gasteiger charge is -2.21. The summed E-state index contributed by atoms with van der Waals surface area (Å²) in [7, 11) is 0. The molecule has 1 heterocycles. The first kappa shape index (κ1) is 11.4. The molecule has 1 aliphatic carbocycles. The Morgan fingerprint density at radius 3 is 2.69 bits per heavy atom. The molecule has 88 valence electrons. The van der Waals surface area contributed by atoms with E-state index >= 15 is 0 Å². The van der Waals surface area contributed by atoms with Crippen LogP contribution in [-0.2, 0) is 6.54 Å². The van der Waals surface area contributed by atoms with Crippen LogP contribution in [0.15, 0.2) is 18.3 Å².